The van der Waals surface area contributed by atoms with Gasteiger partial charge in [0.05, 0.1) is 4.90 Å². The fourth-order valence-electron chi connectivity index (χ4n) is 2.21. The third-order valence-corrected chi connectivity index (χ3v) is 6.62. The Hall–Kier alpha value is -0.850. The van der Waals surface area contributed by atoms with Crippen molar-refractivity contribution in [3.8, 4) is 0 Å². The van der Waals surface area contributed by atoms with Crippen molar-refractivity contribution in [2.45, 2.75) is 30.7 Å². The van der Waals surface area contributed by atoms with Crippen molar-refractivity contribution >= 4 is 27.6 Å². The van der Waals surface area contributed by atoms with E-state index in [9.17, 15) is 13.2 Å². The summed E-state index contributed by atoms with van der Waals surface area (Å²) in [4.78, 5) is 11.9. The summed E-state index contributed by atoms with van der Waals surface area (Å²) < 4.78 is 26.6. The molecule has 0 aromatic heterocycles. The standard InChI is InChI=1S/C14H19NO3S2/c1-3-14(16)11-5-4-6-13(9-11)20(17,18)15(2)12-7-8-19-10-12/h4-6,9,12H,3,7-8,10H2,1-2H3. The molecular weight excluding hydrogens is 294 g/mol. The molecule has 1 unspecified atom stereocenters. The highest BCUT2D eigenvalue weighted by atomic mass is 32.2. The van der Waals surface area contributed by atoms with Gasteiger partial charge in [-0.2, -0.15) is 16.1 Å². The summed E-state index contributed by atoms with van der Waals surface area (Å²) in [5.41, 5.74) is 0.461. The number of hydrogen-bond donors (Lipinski definition) is 0. The monoisotopic (exact) mass is 313 g/mol. The third kappa shape index (κ3) is 3.07. The zero-order valence-corrected chi connectivity index (χ0v) is 13.3. The predicted octanol–water partition coefficient (Wildman–Crippen LogP) is 2.41. The molecule has 1 atom stereocenters. The lowest BCUT2D eigenvalue weighted by molar-refractivity contribution is 0.0988. The summed E-state index contributed by atoms with van der Waals surface area (Å²) in [6.45, 7) is 1.77. The van der Waals surface area contributed by atoms with Gasteiger partial charge in [-0.15, -0.1) is 0 Å². The zero-order chi connectivity index (χ0) is 14.8. The Bertz CT molecular complexity index is 592. The van der Waals surface area contributed by atoms with E-state index in [2.05, 4.69) is 0 Å². The van der Waals surface area contributed by atoms with Crippen molar-refractivity contribution in [2.75, 3.05) is 18.6 Å². The van der Waals surface area contributed by atoms with E-state index in [0.717, 1.165) is 17.9 Å². The number of thioether (sulfide) groups is 1. The molecule has 1 aromatic rings. The summed E-state index contributed by atoms with van der Waals surface area (Å²) >= 11 is 1.77. The molecular formula is C14H19NO3S2. The molecule has 0 amide bonds. The summed E-state index contributed by atoms with van der Waals surface area (Å²) in [6.07, 6.45) is 1.26. The number of Topliss-reactive ketones (excluding diaryl/α,β-unsaturated/α-hetero) is 1. The van der Waals surface area contributed by atoms with Crippen LogP contribution in [-0.4, -0.2) is 43.1 Å². The normalized spacial score (nSPS) is 19.4. The van der Waals surface area contributed by atoms with Crippen molar-refractivity contribution in [1.82, 2.24) is 4.31 Å². The molecule has 1 aliphatic heterocycles. The molecule has 110 valence electrons. The predicted molar refractivity (Wildman–Crippen MR) is 81.7 cm³/mol. The van der Waals surface area contributed by atoms with Crippen LogP contribution in [0.5, 0.6) is 0 Å². The maximum absolute atomic E-state index is 12.6. The molecule has 20 heavy (non-hydrogen) atoms. The molecule has 1 heterocycles. The quantitative estimate of drug-likeness (QED) is 0.783. The Balaban J connectivity index is 2.31. The van der Waals surface area contributed by atoms with E-state index in [4.69, 9.17) is 0 Å². The zero-order valence-electron chi connectivity index (χ0n) is 11.7. The fourth-order valence-corrected chi connectivity index (χ4v) is 5.00. The Morgan fingerprint density at radius 3 is 2.80 bits per heavy atom. The van der Waals surface area contributed by atoms with E-state index in [1.807, 2.05) is 0 Å². The van der Waals surface area contributed by atoms with Crippen LogP contribution >= 0.6 is 11.8 Å². The van der Waals surface area contributed by atoms with Crippen LogP contribution in [0, 0.1) is 0 Å². The van der Waals surface area contributed by atoms with Gasteiger partial charge in [-0.25, -0.2) is 8.42 Å². The first kappa shape index (κ1) is 15.5. The summed E-state index contributed by atoms with van der Waals surface area (Å²) in [7, 11) is -1.89. The van der Waals surface area contributed by atoms with Gasteiger partial charge >= 0.3 is 0 Å². The van der Waals surface area contributed by atoms with Gasteiger partial charge < -0.3 is 0 Å². The third-order valence-electron chi connectivity index (χ3n) is 3.57. The Labute approximate surface area is 124 Å². The molecule has 6 heteroatoms. The molecule has 1 aliphatic rings. The van der Waals surface area contributed by atoms with Gasteiger partial charge in [-0.05, 0) is 24.3 Å². The summed E-state index contributed by atoms with van der Waals surface area (Å²) in [5.74, 6) is 1.79. The van der Waals surface area contributed by atoms with E-state index in [1.54, 1.807) is 43.9 Å². The van der Waals surface area contributed by atoms with E-state index in [0.29, 0.717) is 12.0 Å². The van der Waals surface area contributed by atoms with Crippen molar-refractivity contribution < 1.29 is 13.2 Å². The minimum atomic E-state index is -3.52. The number of nitrogens with zero attached hydrogens (tertiary/aromatic N) is 1. The largest absolute Gasteiger partial charge is 0.294 e. The van der Waals surface area contributed by atoms with E-state index in [-0.39, 0.29) is 16.7 Å². The molecule has 2 rings (SSSR count). The van der Waals surface area contributed by atoms with Gasteiger partial charge in [-0.1, -0.05) is 19.1 Å². The Kier molecular flexibility index (Phi) is 4.88. The summed E-state index contributed by atoms with van der Waals surface area (Å²) in [5, 5.41) is 0. The van der Waals surface area contributed by atoms with E-state index >= 15 is 0 Å². The number of hydrogen-bond acceptors (Lipinski definition) is 4. The maximum Gasteiger partial charge on any atom is 0.243 e. The molecule has 4 nitrogen and oxygen atoms in total. The molecule has 1 fully saturated rings. The van der Waals surface area contributed by atoms with E-state index < -0.39 is 10.0 Å². The first-order valence-electron chi connectivity index (χ1n) is 6.66. The fraction of sp³-hybridized carbons (Fsp3) is 0.500. The molecule has 0 spiro atoms. The van der Waals surface area contributed by atoms with Gasteiger partial charge in [0.1, 0.15) is 0 Å². The average Bonchev–Trinajstić information content (AvgIpc) is 2.99. The average molecular weight is 313 g/mol. The van der Waals surface area contributed by atoms with Crippen molar-refractivity contribution in [2.24, 2.45) is 0 Å². The van der Waals surface area contributed by atoms with Gasteiger partial charge in [0, 0.05) is 30.8 Å². The number of carbonyl (C=O) groups excluding carboxylic acids is 1. The minimum absolute atomic E-state index is 0.0406. The highest BCUT2D eigenvalue weighted by molar-refractivity contribution is 7.99. The molecule has 0 aliphatic carbocycles. The van der Waals surface area contributed by atoms with Gasteiger partial charge in [0.25, 0.3) is 0 Å². The van der Waals surface area contributed by atoms with Crippen LogP contribution < -0.4 is 0 Å². The molecule has 0 saturated carbocycles. The smallest absolute Gasteiger partial charge is 0.243 e. The van der Waals surface area contributed by atoms with Crippen LogP contribution in [0.15, 0.2) is 29.2 Å². The van der Waals surface area contributed by atoms with Crippen LogP contribution in [0.1, 0.15) is 30.1 Å². The maximum atomic E-state index is 12.6. The minimum Gasteiger partial charge on any atom is -0.294 e. The first-order valence-corrected chi connectivity index (χ1v) is 9.25. The highest BCUT2D eigenvalue weighted by Gasteiger charge is 2.30. The van der Waals surface area contributed by atoms with Gasteiger partial charge in [-0.3, -0.25) is 4.79 Å². The molecule has 1 aromatic carbocycles. The van der Waals surface area contributed by atoms with Crippen LogP contribution in [-0.2, 0) is 10.0 Å². The van der Waals surface area contributed by atoms with Crippen LogP contribution in [0.25, 0.3) is 0 Å². The number of sulfonamides is 1. The van der Waals surface area contributed by atoms with Gasteiger partial charge in [0.15, 0.2) is 5.78 Å². The number of carbonyl (C=O) groups is 1. The molecule has 0 bridgehead atoms. The molecule has 0 N–H and O–H groups in total. The lowest BCUT2D eigenvalue weighted by Gasteiger charge is -2.23. The first-order chi connectivity index (χ1) is 9.46. The second-order valence-corrected chi connectivity index (χ2v) is 7.99. The van der Waals surface area contributed by atoms with Crippen LogP contribution in [0.4, 0.5) is 0 Å². The Morgan fingerprint density at radius 2 is 2.20 bits per heavy atom. The van der Waals surface area contributed by atoms with Crippen LogP contribution in [0.3, 0.4) is 0 Å². The Morgan fingerprint density at radius 1 is 1.45 bits per heavy atom. The second-order valence-electron chi connectivity index (χ2n) is 4.84. The molecule has 1 saturated heterocycles. The van der Waals surface area contributed by atoms with E-state index in [1.165, 1.54) is 10.4 Å². The lowest BCUT2D eigenvalue weighted by atomic mass is 10.1. The van der Waals surface area contributed by atoms with Crippen LogP contribution in [0.2, 0.25) is 0 Å². The number of benzene rings is 1. The SMILES string of the molecule is CCC(=O)c1cccc(S(=O)(=O)N(C)C2CCSC2)c1. The van der Waals surface area contributed by atoms with Gasteiger partial charge in [0.2, 0.25) is 10.0 Å². The van der Waals surface area contributed by atoms with Crippen molar-refractivity contribution in [1.29, 1.82) is 0 Å². The number of ketones is 1. The topological polar surface area (TPSA) is 54.5 Å². The molecule has 0 radical (unpaired) electrons. The van der Waals surface area contributed by atoms with Crippen molar-refractivity contribution in [3.05, 3.63) is 29.8 Å². The lowest BCUT2D eigenvalue weighted by Crippen LogP contribution is -2.37. The van der Waals surface area contributed by atoms with Crippen molar-refractivity contribution in [3.63, 3.8) is 0 Å². The second kappa shape index (κ2) is 6.28. The highest BCUT2D eigenvalue weighted by Crippen LogP contribution is 2.26. The summed E-state index contributed by atoms with van der Waals surface area (Å²) in [6, 6.07) is 6.39. The number of rotatable bonds is 5.